The molecule has 2 aromatic rings. The molecule has 0 aliphatic rings. The third kappa shape index (κ3) is 6.13. The van der Waals surface area contributed by atoms with Crippen molar-refractivity contribution in [2.45, 2.75) is 43.9 Å². The quantitative estimate of drug-likeness (QED) is 0.701. The first-order valence-corrected chi connectivity index (χ1v) is 10.4. The zero-order valence-electron chi connectivity index (χ0n) is 15.4. The lowest BCUT2D eigenvalue weighted by Gasteiger charge is -2.21. The lowest BCUT2D eigenvalue weighted by atomic mass is 10.0. The standard InChI is InChI=1S/C19H27N3OS2/c1-13(2)18(20)9-10-22(4)19(23)15-5-7-17(8-6-15)25-12-16-11-24-14(3)21-16/h5-8,11,13,18H,9-10,12,20H2,1-4H3. The number of nitrogens with zero attached hydrogens (tertiary/aromatic N) is 2. The maximum Gasteiger partial charge on any atom is 0.253 e. The Labute approximate surface area is 158 Å². The molecule has 1 amide bonds. The van der Waals surface area contributed by atoms with Crippen LogP contribution in [0.5, 0.6) is 0 Å². The Morgan fingerprint density at radius 2 is 2.00 bits per heavy atom. The van der Waals surface area contributed by atoms with E-state index in [1.807, 2.05) is 38.2 Å². The largest absolute Gasteiger partial charge is 0.342 e. The zero-order chi connectivity index (χ0) is 18.4. The molecule has 4 nitrogen and oxygen atoms in total. The maximum absolute atomic E-state index is 12.5. The molecule has 1 aromatic heterocycles. The van der Waals surface area contributed by atoms with Crippen molar-refractivity contribution in [3.05, 3.63) is 45.9 Å². The number of amides is 1. The highest BCUT2D eigenvalue weighted by Gasteiger charge is 2.14. The van der Waals surface area contributed by atoms with Gasteiger partial charge < -0.3 is 10.6 Å². The van der Waals surface area contributed by atoms with E-state index in [4.69, 9.17) is 5.73 Å². The normalized spacial score (nSPS) is 12.4. The van der Waals surface area contributed by atoms with Crippen LogP contribution in [0, 0.1) is 12.8 Å². The van der Waals surface area contributed by atoms with Gasteiger partial charge in [-0.25, -0.2) is 4.98 Å². The van der Waals surface area contributed by atoms with E-state index in [2.05, 4.69) is 24.2 Å². The van der Waals surface area contributed by atoms with Gasteiger partial charge in [-0.1, -0.05) is 13.8 Å². The second-order valence-electron chi connectivity index (χ2n) is 6.59. The fraction of sp³-hybridized carbons (Fsp3) is 0.474. The van der Waals surface area contributed by atoms with Crippen molar-refractivity contribution in [3.63, 3.8) is 0 Å². The van der Waals surface area contributed by atoms with Gasteiger partial charge in [0.05, 0.1) is 10.7 Å². The molecule has 1 atom stereocenters. The molecule has 0 spiro atoms. The molecule has 0 saturated carbocycles. The van der Waals surface area contributed by atoms with E-state index < -0.39 is 0 Å². The Hall–Kier alpha value is -1.37. The number of hydrogen-bond acceptors (Lipinski definition) is 5. The van der Waals surface area contributed by atoms with Crippen LogP contribution in [-0.2, 0) is 5.75 Å². The molecular weight excluding hydrogens is 350 g/mol. The second-order valence-corrected chi connectivity index (χ2v) is 8.71. The van der Waals surface area contributed by atoms with Crippen molar-refractivity contribution < 1.29 is 4.79 Å². The van der Waals surface area contributed by atoms with Crippen molar-refractivity contribution >= 4 is 29.0 Å². The van der Waals surface area contributed by atoms with E-state index in [0.29, 0.717) is 12.5 Å². The molecule has 6 heteroatoms. The van der Waals surface area contributed by atoms with Crippen LogP contribution in [0.1, 0.15) is 41.3 Å². The van der Waals surface area contributed by atoms with Gasteiger partial charge in [-0.15, -0.1) is 23.1 Å². The van der Waals surface area contributed by atoms with Crippen molar-refractivity contribution in [3.8, 4) is 0 Å². The molecule has 1 heterocycles. The third-order valence-electron chi connectivity index (χ3n) is 4.16. The average Bonchev–Trinajstić information content (AvgIpc) is 3.02. The Balaban J connectivity index is 1.86. The van der Waals surface area contributed by atoms with Crippen LogP contribution in [-0.4, -0.2) is 35.4 Å². The summed E-state index contributed by atoms with van der Waals surface area (Å²) in [5.74, 6) is 1.33. The van der Waals surface area contributed by atoms with E-state index in [9.17, 15) is 4.79 Å². The lowest BCUT2D eigenvalue weighted by Crippen LogP contribution is -2.34. The van der Waals surface area contributed by atoms with Gasteiger partial charge in [0.15, 0.2) is 0 Å². The predicted octanol–water partition coefficient (Wildman–Crippen LogP) is 4.19. The molecule has 2 rings (SSSR count). The van der Waals surface area contributed by atoms with E-state index in [-0.39, 0.29) is 11.9 Å². The number of rotatable bonds is 8. The molecule has 1 aromatic carbocycles. The van der Waals surface area contributed by atoms with E-state index in [1.165, 1.54) is 0 Å². The molecule has 136 valence electrons. The highest BCUT2D eigenvalue weighted by molar-refractivity contribution is 7.98. The Bertz CT molecular complexity index is 682. The summed E-state index contributed by atoms with van der Waals surface area (Å²) in [7, 11) is 1.84. The van der Waals surface area contributed by atoms with Gasteiger partial charge in [-0.05, 0) is 43.5 Å². The summed E-state index contributed by atoms with van der Waals surface area (Å²) in [6.07, 6.45) is 0.820. The minimum atomic E-state index is 0.0441. The number of aromatic nitrogens is 1. The smallest absolute Gasteiger partial charge is 0.253 e. The van der Waals surface area contributed by atoms with Gasteiger partial charge in [0, 0.05) is 41.2 Å². The zero-order valence-corrected chi connectivity index (χ0v) is 17.0. The molecule has 0 aliphatic heterocycles. The van der Waals surface area contributed by atoms with Gasteiger partial charge in [-0.3, -0.25) is 4.79 Å². The monoisotopic (exact) mass is 377 g/mol. The lowest BCUT2D eigenvalue weighted by molar-refractivity contribution is 0.0789. The van der Waals surface area contributed by atoms with Crippen molar-refractivity contribution in [1.29, 1.82) is 0 Å². The summed E-state index contributed by atoms with van der Waals surface area (Å²) in [5, 5.41) is 3.19. The van der Waals surface area contributed by atoms with Crippen molar-refractivity contribution in [2.24, 2.45) is 11.7 Å². The van der Waals surface area contributed by atoms with Gasteiger partial charge in [0.1, 0.15) is 0 Å². The van der Waals surface area contributed by atoms with E-state index >= 15 is 0 Å². The molecule has 0 radical (unpaired) electrons. The number of hydrogen-bond donors (Lipinski definition) is 1. The summed E-state index contributed by atoms with van der Waals surface area (Å²) in [4.78, 5) is 19.9. The summed E-state index contributed by atoms with van der Waals surface area (Å²) in [5.41, 5.74) is 7.88. The molecule has 1 unspecified atom stereocenters. The molecule has 0 fully saturated rings. The van der Waals surface area contributed by atoms with Gasteiger partial charge in [-0.2, -0.15) is 0 Å². The Morgan fingerprint density at radius 3 is 2.56 bits per heavy atom. The molecular formula is C19H27N3OS2. The van der Waals surface area contributed by atoms with Crippen LogP contribution in [0.15, 0.2) is 34.5 Å². The fourth-order valence-corrected chi connectivity index (χ4v) is 3.83. The molecule has 0 aliphatic carbocycles. The molecule has 2 N–H and O–H groups in total. The second kappa shape index (κ2) is 9.36. The summed E-state index contributed by atoms with van der Waals surface area (Å²) < 4.78 is 0. The number of nitrogens with two attached hydrogens (primary N) is 1. The fourth-order valence-electron chi connectivity index (χ4n) is 2.32. The minimum Gasteiger partial charge on any atom is -0.342 e. The number of aryl methyl sites for hydroxylation is 1. The first-order valence-electron chi connectivity index (χ1n) is 8.51. The van der Waals surface area contributed by atoms with Gasteiger partial charge in [0.2, 0.25) is 0 Å². The molecule has 0 bridgehead atoms. The highest BCUT2D eigenvalue weighted by atomic mass is 32.2. The number of thiazole rings is 1. The van der Waals surface area contributed by atoms with E-state index in [1.54, 1.807) is 28.0 Å². The van der Waals surface area contributed by atoms with Crippen LogP contribution in [0.25, 0.3) is 0 Å². The van der Waals surface area contributed by atoms with E-state index in [0.717, 1.165) is 33.3 Å². The number of thioether (sulfide) groups is 1. The number of carbonyl (C=O) groups excluding carboxylic acids is 1. The van der Waals surface area contributed by atoms with Gasteiger partial charge in [0.25, 0.3) is 5.91 Å². The third-order valence-corrected chi connectivity index (χ3v) is 6.02. The minimum absolute atomic E-state index is 0.0441. The Morgan fingerprint density at radius 1 is 1.32 bits per heavy atom. The molecule has 25 heavy (non-hydrogen) atoms. The van der Waals surface area contributed by atoms with Crippen LogP contribution < -0.4 is 5.73 Å². The molecule has 0 saturated heterocycles. The van der Waals surface area contributed by atoms with Crippen LogP contribution in [0.3, 0.4) is 0 Å². The van der Waals surface area contributed by atoms with Crippen LogP contribution in [0.4, 0.5) is 0 Å². The first-order chi connectivity index (χ1) is 11.9. The van der Waals surface area contributed by atoms with Crippen molar-refractivity contribution in [2.75, 3.05) is 13.6 Å². The average molecular weight is 378 g/mol. The van der Waals surface area contributed by atoms with Crippen molar-refractivity contribution in [1.82, 2.24) is 9.88 Å². The van der Waals surface area contributed by atoms with Gasteiger partial charge >= 0.3 is 0 Å². The predicted molar refractivity (Wildman–Crippen MR) is 107 cm³/mol. The Kier molecular flexibility index (Phi) is 7.47. The van der Waals surface area contributed by atoms with Crippen LogP contribution >= 0.6 is 23.1 Å². The summed E-state index contributed by atoms with van der Waals surface area (Å²) >= 11 is 3.41. The van der Waals surface area contributed by atoms with Crippen LogP contribution in [0.2, 0.25) is 0 Å². The first kappa shape index (κ1) is 19.9. The summed E-state index contributed by atoms with van der Waals surface area (Å²) in [6, 6.07) is 7.93. The summed E-state index contributed by atoms with van der Waals surface area (Å²) in [6.45, 7) is 6.91. The number of benzene rings is 1. The highest BCUT2D eigenvalue weighted by Crippen LogP contribution is 2.24. The maximum atomic E-state index is 12.5. The number of carbonyl (C=O) groups is 1. The SMILES string of the molecule is Cc1nc(CSc2ccc(C(=O)N(C)CCC(N)C(C)C)cc2)cs1. The topological polar surface area (TPSA) is 59.2 Å².